The van der Waals surface area contributed by atoms with Gasteiger partial charge >= 0.3 is 5.97 Å². The first-order valence-electron chi connectivity index (χ1n) is 5.73. The van der Waals surface area contributed by atoms with Gasteiger partial charge in [0.25, 0.3) is 0 Å². The fourth-order valence-electron chi connectivity index (χ4n) is 1.51. The smallest absolute Gasteiger partial charge is 0.322 e. The maximum absolute atomic E-state index is 11.3. The van der Waals surface area contributed by atoms with E-state index in [2.05, 4.69) is 10.1 Å². The van der Waals surface area contributed by atoms with E-state index >= 15 is 0 Å². The molecule has 1 atom stereocenters. The fourth-order valence-corrected chi connectivity index (χ4v) is 1.51. The van der Waals surface area contributed by atoms with E-state index in [1.807, 2.05) is 18.2 Å². The molecule has 1 unspecified atom stereocenters. The molecule has 100 valence electrons. The van der Waals surface area contributed by atoms with Crippen LogP contribution in [0.2, 0.25) is 0 Å². The lowest BCUT2D eigenvalue weighted by molar-refractivity contribution is -0.143. The Morgan fingerprint density at radius 2 is 2.06 bits per heavy atom. The van der Waals surface area contributed by atoms with Gasteiger partial charge < -0.3 is 19.5 Å². The summed E-state index contributed by atoms with van der Waals surface area (Å²) in [5.41, 5.74) is 0. The summed E-state index contributed by atoms with van der Waals surface area (Å²) in [6.07, 6.45) is 0.542. The Morgan fingerprint density at radius 3 is 2.67 bits per heavy atom. The molecule has 1 rings (SSSR count). The molecule has 0 fully saturated rings. The Hall–Kier alpha value is -1.75. The number of carbonyl (C=O) groups is 1. The van der Waals surface area contributed by atoms with E-state index in [1.54, 1.807) is 20.2 Å². The molecule has 0 spiro atoms. The van der Waals surface area contributed by atoms with Gasteiger partial charge in [0.15, 0.2) is 0 Å². The zero-order valence-electron chi connectivity index (χ0n) is 10.9. The quantitative estimate of drug-likeness (QED) is 0.741. The predicted octanol–water partition coefficient (Wildman–Crippen LogP) is 1.23. The Morgan fingerprint density at radius 1 is 1.33 bits per heavy atom. The summed E-state index contributed by atoms with van der Waals surface area (Å²) in [5, 5.41) is 2.88. The standard InChI is InChI=1S/C13H19NO4/c1-14-12(13(15)17-3)7-8-18-11-6-4-5-10(9-11)16-2/h4-6,9,12,14H,7-8H2,1-3H3. The molecule has 0 aliphatic carbocycles. The van der Waals surface area contributed by atoms with Crippen molar-refractivity contribution in [1.82, 2.24) is 5.32 Å². The second-order valence-corrected chi connectivity index (χ2v) is 3.68. The fraction of sp³-hybridized carbons (Fsp3) is 0.462. The maximum Gasteiger partial charge on any atom is 0.322 e. The number of ether oxygens (including phenoxy) is 3. The molecule has 5 heteroatoms. The summed E-state index contributed by atoms with van der Waals surface area (Å²) in [4.78, 5) is 11.3. The minimum Gasteiger partial charge on any atom is -0.497 e. The van der Waals surface area contributed by atoms with Crippen LogP contribution in [-0.4, -0.2) is 39.9 Å². The third-order valence-electron chi connectivity index (χ3n) is 2.55. The number of rotatable bonds is 7. The number of carbonyl (C=O) groups excluding carboxylic acids is 1. The first-order chi connectivity index (χ1) is 8.71. The van der Waals surface area contributed by atoms with Crippen molar-refractivity contribution in [2.45, 2.75) is 12.5 Å². The highest BCUT2D eigenvalue weighted by Gasteiger charge is 2.16. The van der Waals surface area contributed by atoms with E-state index in [4.69, 9.17) is 9.47 Å². The third-order valence-corrected chi connectivity index (χ3v) is 2.55. The number of hydrogen-bond donors (Lipinski definition) is 1. The zero-order chi connectivity index (χ0) is 13.4. The predicted molar refractivity (Wildman–Crippen MR) is 68.0 cm³/mol. The van der Waals surface area contributed by atoms with Crippen LogP contribution in [-0.2, 0) is 9.53 Å². The molecular formula is C13H19NO4. The highest BCUT2D eigenvalue weighted by molar-refractivity contribution is 5.75. The molecule has 0 radical (unpaired) electrons. The van der Waals surface area contributed by atoms with Crippen LogP contribution >= 0.6 is 0 Å². The van der Waals surface area contributed by atoms with Crippen LogP contribution in [0, 0.1) is 0 Å². The Bertz CT molecular complexity index is 381. The van der Waals surface area contributed by atoms with E-state index < -0.39 is 0 Å². The first kappa shape index (κ1) is 14.3. The zero-order valence-corrected chi connectivity index (χ0v) is 10.9. The second kappa shape index (κ2) is 7.55. The van der Waals surface area contributed by atoms with Gasteiger partial charge in [0, 0.05) is 12.5 Å². The van der Waals surface area contributed by atoms with Gasteiger partial charge in [0.05, 0.1) is 20.8 Å². The van der Waals surface area contributed by atoms with Crippen LogP contribution in [0.25, 0.3) is 0 Å². The lowest BCUT2D eigenvalue weighted by Gasteiger charge is -2.14. The van der Waals surface area contributed by atoms with Gasteiger partial charge in [-0.25, -0.2) is 0 Å². The van der Waals surface area contributed by atoms with Gasteiger partial charge in [-0.15, -0.1) is 0 Å². The minimum atomic E-state index is -0.347. The van der Waals surface area contributed by atoms with Crippen molar-refractivity contribution in [3.8, 4) is 11.5 Å². The summed E-state index contributed by atoms with van der Waals surface area (Å²) in [5.74, 6) is 1.17. The van der Waals surface area contributed by atoms with Crippen LogP contribution in [0.15, 0.2) is 24.3 Å². The Kier molecular flexibility index (Phi) is 6.00. The van der Waals surface area contributed by atoms with Crippen molar-refractivity contribution in [3.63, 3.8) is 0 Å². The van der Waals surface area contributed by atoms with Crippen LogP contribution in [0.3, 0.4) is 0 Å². The van der Waals surface area contributed by atoms with Gasteiger partial charge in [0.1, 0.15) is 17.5 Å². The largest absolute Gasteiger partial charge is 0.497 e. The van der Waals surface area contributed by atoms with Crippen LogP contribution in [0.5, 0.6) is 11.5 Å². The Balaban J connectivity index is 2.42. The maximum atomic E-state index is 11.3. The van der Waals surface area contributed by atoms with Crippen molar-refractivity contribution >= 4 is 5.97 Å². The van der Waals surface area contributed by atoms with Gasteiger partial charge in [-0.1, -0.05) is 6.07 Å². The van der Waals surface area contributed by atoms with E-state index in [9.17, 15) is 4.79 Å². The minimum absolute atomic E-state index is 0.285. The molecule has 0 bridgehead atoms. The lowest BCUT2D eigenvalue weighted by Crippen LogP contribution is -2.36. The molecule has 1 N–H and O–H groups in total. The molecule has 0 aromatic heterocycles. The number of esters is 1. The highest BCUT2D eigenvalue weighted by Crippen LogP contribution is 2.18. The molecule has 5 nitrogen and oxygen atoms in total. The van der Waals surface area contributed by atoms with Crippen molar-refractivity contribution < 1.29 is 19.0 Å². The van der Waals surface area contributed by atoms with Crippen LogP contribution in [0.1, 0.15) is 6.42 Å². The van der Waals surface area contributed by atoms with E-state index in [0.717, 1.165) is 5.75 Å². The number of methoxy groups -OCH3 is 2. The topological polar surface area (TPSA) is 56.8 Å². The second-order valence-electron chi connectivity index (χ2n) is 3.68. The Labute approximate surface area is 107 Å². The lowest BCUT2D eigenvalue weighted by atomic mass is 10.2. The monoisotopic (exact) mass is 253 g/mol. The van der Waals surface area contributed by atoms with E-state index in [1.165, 1.54) is 7.11 Å². The van der Waals surface area contributed by atoms with E-state index in [0.29, 0.717) is 18.8 Å². The van der Waals surface area contributed by atoms with Crippen LogP contribution in [0.4, 0.5) is 0 Å². The van der Waals surface area contributed by atoms with Gasteiger partial charge in [-0.3, -0.25) is 4.79 Å². The van der Waals surface area contributed by atoms with Gasteiger partial charge in [-0.2, -0.15) is 0 Å². The highest BCUT2D eigenvalue weighted by atomic mass is 16.5. The molecule has 0 heterocycles. The average Bonchev–Trinajstić information content (AvgIpc) is 2.43. The SMILES string of the molecule is CNC(CCOc1cccc(OC)c1)C(=O)OC. The van der Waals surface area contributed by atoms with Crippen molar-refractivity contribution in [2.75, 3.05) is 27.9 Å². The van der Waals surface area contributed by atoms with Crippen molar-refractivity contribution in [1.29, 1.82) is 0 Å². The average molecular weight is 253 g/mol. The molecule has 1 aromatic carbocycles. The molecule has 0 aliphatic rings. The number of hydrogen-bond acceptors (Lipinski definition) is 5. The molecular weight excluding hydrogens is 234 g/mol. The number of benzene rings is 1. The number of nitrogens with one attached hydrogen (secondary N) is 1. The molecule has 18 heavy (non-hydrogen) atoms. The normalized spacial score (nSPS) is 11.7. The molecule has 0 saturated carbocycles. The molecule has 1 aromatic rings. The van der Waals surface area contributed by atoms with Crippen molar-refractivity contribution in [3.05, 3.63) is 24.3 Å². The van der Waals surface area contributed by atoms with Gasteiger partial charge in [0.2, 0.25) is 0 Å². The summed E-state index contributed by atoms with van der Waals surface area (Å²) in [7, 11) is 4.69. The molecule has 0 saturated heterocycles. The summed E-state index contributed by atoms with van der Waals surface area (Å²) in [6.45, 7) is 0.424. The molecule has 0 amide bonds. The van der Waals surface area contributed by atoms with Gasteiger partial charge in [-0.05, 0) is 19.2 Å². The third kappa shape index (κ3) is 4.25. The van der Waals surface area contributed by atoms with Crippen molar-refractivity contribution in [2.24, 2.45) is 0 Å². The summed E-state index contributed by atoms with van der Waals surface area (Å²) >= 11 is 0. The molecule has 0 aliphatic heterocycles. The van der Waals surface area contributed by atoms with Crippen LogP contribution < -0.4 is 14.8 Å². The summed E-state index contributed by atoms with van der Waals surface area (Å²) < 4.78 is 15.3. The van der Waals surface area contributed by atoms with E-state index in [-0.39, 0.29) is 12.0 Å². The first-order valence-corrected chi connectivity index (χ1v) is 5.73. The number of likely N-dealkylation sites (N-methyl/N-ethyl adjacent to an activating group) is 1. The summed E-state index contributed by atoms with van der Waals surface area (Å²) in [6, 6.07) is 6.99.